The van der Waals surface area contributed by atoms with Gasteiger partial charge in [0.2, 0.25) is 5.91 Å². The average Bonchev–Trinajstić information content (AvgIpc) is 3.00. The van der Waals surface area contributed by atoms with Gasteiger partial charge in [-0.15, -0.1) is 11.3 Å². The Kier molecular flexibility index (Phi) is 5.11. The molecule has 0 unspecified atom stereocenters. The van der Waals surface area contributed by atoms with Gasteiger partial charge in [-0.25, -0.2) is 4.98 Å². The second kappa shape index (κ2) is 6.83. The van der Waals surface area contributed by atoms with Crippen LogP contribution in [0.3, 0.4) is 0 Å². The molecule has 1 saturated carbocycles. The summed E-state index contributed by atoms with van der Waals surface area (Å²) < 4.78 is 0. The Bertz CT molecular complexity index is 453. The van der Waals surface area contributed by atoms with Gasteiger partial charge in [0.05, 0.1) is 17.6 Å². The molecule has 0 bridgehead atoms. The average molecular weight is 296 g/mol. The first-order chi connectivity index (χ1) is 9.60. The van der Waals surface area contributed by atoms with Crippen LogP contribution in [0.4, 0.5) is 0 Å². The van der Waals surface area contributed by atoms with E-state index in [1.54, 1.807) is 16.8 Å². The fraction of sp³-hybridized carbons (Fsp3) is 0.643. The van der Waals surface area contributed by atoms with Crippen LogP contribution >= 0.6 is 11.3 Å². The van der Waals surface area contributed by atoms with Crippen molar-refractivity contribution in [3.05, 3.63) is 16.6 Å². The Morgan fingerprint density at radius 2 is 2.10 bits per heavy atom. The topological polar surface area (TPSA) is 79.3 Å². The SMILES string of the molecule is O=C(O)CC1(CC(=O)NCCc2cscn2)CCCC1. The minimum atomic E-state index is -0.804. The summed E-state index contributed by atoms with van der Waals surface area (Å²) in [4.78, 5) is 27.1. The van der Waals surface area contributed by atoms with Gasteiger partial charge in [-0.2, -0.15) is 0 Å². The summed E-state index contributed by atoms with van der Waals surface area (Å²) in [5.74, 6) is -0.842. The molecule has 1 heterocycles. The molecule has 1 aliphatic rings. The molecule has 1 aromatic heterocycles. The van der Waals surface area contributed by atoms with Crippen molar-refractivity contribution in [3.8, 4) is 0 Å². The molecule has 1 fully saturated rings. The maximum Gasteiger partial charge on any atom is 0.303 e. The van der Waals surface area contributed by atoms with Crippen molar-refractivity contribution in [2.24, 2.45) is 5.41 Å². The van der Waals surface area contributed by atoms with E-state index in [4.69, 9.17) is 5.11 Å². The first-order valence-corrected chi connectivity index (χ1v) is 7.89. The quantitative estimate of drug-likeness (QED) is 0.808. The van der Waals surface area contributed by atoms with Crippen LogP contribution in [0.2, 0.25) is 0 Å². The van der Waals surface area contributed by atoms with Gasteiger partial charge in [-0.05, 0) is 18.3 Å². The molecule has 1 aromatic rings. The maximum absolute atomic E-state index is 12.0. The molecule has 5 nitrogen and oxygen atoms in total. The second-order valence-corrected chi connectivity index (χ2v) is 6.25. The summed E-state index contributed by atoms with van der Waals surface area (Å²) in [6.45, 7) is 0.561. The van der Waals surface area contributed by atoms with Crippen molar-refractivity contribution in [1.82, 2.24) is 10.3 Å². The number of carbonyl (C=O) groups is 2. The van der Waals surface area contributed by atoms with Crippen LogP contribution in [-0.2, 0) is 16.0 Å². The third-order valence-corrected chi connectivity index (χ3v) is 4.55. The lowest BCUT2D eigenvalue weighted by atomic mass is 9.79. The minimum absolute atomic E-state index is 0.0385. The predicted molar refractivity (Wildman–Crippen MR) is 76.6 cm³/mol. The van der Waals surface area contributed by atoms with Gasteiger partial charge in [0.15, 0.2) is 0 Å². The number of aromatic nitrogens is 1. The molecule has 6 heteroatoms. The van der Waals surface area contributed by atoms with Crippen LogP contribution in [0, 0.1) is 5.41 Å². The lowest BCUT2D eigenvalue weighted by Crippen LogP contribution is -2.33. The van der Waals surface area contributed by atoms with Crippen LogP contribution in [0.15, 0.2) is 10.9 Å². The number of amides is 1. The molecule has 0 aromatic carbocycles. The number of nitrogens with one attached hydrogen (secondary N) is 1. The highest BCUT2D eigenvalue weighted by Crippen LogP contribution is 2.43. The van der Waals surface area contributed by atoms with E-state index in [1.165, 1.54) is 0 Å². The lowest BCUT2D eigenvalue weighted by Gasteiger charge is -2.26. The predicted octanol–water partition coefficient (Wildman–Crippen LogP) is 2.23. The van der Waals surface area contributed by atoms with Gasteiger partial charge in [0.25, 0.3) is 0 Å². The minimum Gasteiger partial charge on any atom is -0.481 e. The molecular formula is C14H20N2O3S. The second-order valence-electron chi connectivity index (χ2n) is 5.53. The maximum atomic E-state index is 12.0. The molecule has 2 N–H and O–H groups in total. The summed E-state index contributed by atoms with van der Waals surface area (Å²) in [5, 5.41) is 13.9. The molecular weight excluding hydrogens is 276 g/mol. The lowest BCUT2D eigenvalue weighted by molar-refractivity contribution is -0.140. The number of thiazole rings is 1. The number of hydrogen-bond donors (Lipinski definition) is 2. The number of aliphatic carboxylic acids is 1. The molecule has 1 amide bonds. The zero-order valence-corrected chi connectivity index (χ0v) is 12.2. The van der Waals surface area contributed by atoms with E-state index in [1.807, 2.05) is 5.38 Å². The Morgan fingerprint density at radius 3 is 2.70 bits per heavy atom. The van der Waals surface area contributed by atoms with E-state index in [2.05, 4.69) is 10.3 Å². The summed E-state index contributed by atoms with van der Waals surface area (Å²) in [5.41, 5.74) is 2.44. The number of rotatable bonds is 7. The van der Waals surface area contributed by atoms with Crippen molar-refractivity contribution in [2.45, 2.75) is 44.9 Å². The Balaban J connectivity index is 1.78. The molecule has 110 valence electrons. The van der Waals surface area contributed by atoms with Gasteiger partial charge in [0, 0.05) is 24.8 Å². The zero-order valence-electron chi connectivity index (χ0n) is 11.4. The normalized spacial score (nSPS) is 17.0. The third kappa shape index (κ3) is 4.30. The first-order valence-electron chi connectivity index (χ1n) is 6.95. The van der Waals surface area contributed by atoms with Crippen LogP contribution in [-0.4, -0.2) is 28.5 Å². The van der Waals surface area contributed by atoms with E-state index in [-0.39, 0.29) is 17.7 Å². The Morgan fingerprint density at radius 1 is 1.35 bits per heavy atom. The molecule has 2 rings (SSSR count). The van der Waals surface area contributed by atoms with E-state index in [0.717, 1.165) is 37.8 Å². The van der Waals surface area contributed by atoms with Gasteiger partial charge < -0.3 is 10.4 Å². The molecule has 0 spiro atoms. The van der Waals surface area contributed by atoms with Gasteiger partial charge >= 0.3 is 5.97 Å². The van der Waals surface area contributed by atoms with Crippen LogP contribution in [0.1, 0.15) is 44.2 Å². The fourth-order valence-corrected chi connectivity index (χ4v) is 3.55. The van der Waals surface area contributed by atoms with Crippen molar-refractivity contribution in [2.75, 3.05) is 6.54 Å². The highest BCUT2D eigenvalue weighted by molar-refractivity contribution is 7.07. The monoisotopic (exact) mass is 296 g/mol. The molecule has 0 saturated heterocycles. The summed E-state index contributed by atoms with van der Waals surface area (Å²) in [6.07, 6.45) is 4.90. The number of carboxylic acids is 1. The van der Waals surface area contributed by atoms with E-state index in [0.29, 0.717) is 13.0 Å². The molecule has 0 radical (unpaired) electrons. The summed E-state index contributed by atoms with van der Waals surface area (Å²) in [6, 6.07) is 0. The third-order valence-electron chi connectivity index (χ3n) is 3.91. The summed E-state index contributed by atoms with van der Waals surface area (Å²) >= 11 is 1.54. The summed E-state index contributed by atoms with van der Waals surface area (Å²) in [7, 11) is 0. The zero-order chi connectivity index (χ0) is 14.4. The van der Waals surface area contributed by atoms with Crippen LogP contribution in [0.5, 0.6) is 0 Å². The van der Waals surface area contributed by atoms with Crippen molar-refractivity contribution in [3.63, 3.8) is 0 Å². The van der Waals surface area contributed by atoms with Crippen LogP contribution in [0.25, 0.3) is 0 Å². The highest BCUT2D eigenvalue weighted by Gasteiger charge is 2.37. The van der Waals surface area contributed by atoms with Crippen molar-refractivity contribution in [1.29, 1.82) is 0 Å². The molecule has 1 aliphatic carbocycles. The fourth-order valence-electron chi connectivity index (χ4n) is 2.96. The number of carboxylic acid groups (broad SMARTS) is 1. The molecule has 20 heavy (non-hydrogen) atoms. The largest absolute Gasteiger partial charge is 0.481 e. The van der Waals surface area contributed by atoms with Gasteiger partial charge in [-0.3, -0.25) is 9.59 Å². The van der Waals surface area contributed by atoms with Gasteiger partial charge in [-0.1, -0.05) is 12.8 Å². The van der Waals surface area contributed by atoms with E-state index >= 15 is 0 Å². The smallest absolute Gasteiger partial charge is 0.303 e. The first kappa shape index (κ1) is 15.0. The van der Waals surface area contributed by atoms with E-state index in [9.17, 15) is 9.59 Å². The van der Waals surface area contributed by atoms with Crippen molar-refractivity contribution < 1.29 is 14.7 Å². The van der Waals surface area contributed by atoms with E-state index < -0.39 is 5.97 Å². The highest BCUT2D eigenvalue weighted by atomic mass is 32.1. The Hall–Kier alpha value is -1.43. The standard InChI is InChI=1S/C14H20N2O3S/c17-12(15-6-3-11-9-20-10-16-11)7-14(8-13(18)19)4-1-2-5-14/h9-10H,1-8H2,(H,15,17)(H,18,19). The molecule has 0 aliphatic heterocycles. The number of carbonyl (C=O) groups excluding carboxylic acids is 1. The number of hydrogen-bond acceptors (Lipinski definition) is 4. The van der Waals surface area contributed by atoms with Gasteiger partial charge in [0.1, 0.15) is 0 Å². The van der Waals surface area contributed by atoms with Crippen molar-refractivity contribution >= 4 is 23.2 Å². The molecule has 0 atom stereocenters. The van der Waals surface area contributed by atoms with Crippen LogP contribution < -0.4 is 5.32 Å². The number of nitrogens with zero attached hydrogens (tertiary/aromatic N) is 1. The Labute approximate surface area is 122 Å².